The van der Waals surface area contributed by atoms with Crippen molar-refractivity contribution in [3.8, 4) is 0 Å². The summed E-state index contributed by atoms with van der Waals surface area (Å²) in [7, 11) is 1.84. The highest BCUT2D eigenvalue weighted by atomic mass is 16.5. The smallest absolute Gasteiger partial charge is 0.238 e. The largest absolute Gasteiger partial charge is 0.420 e. The topological polar surface area (TPSA) is 48.6 Å². The summed E-state index contributed by atoms with van der Waals surface area (Å²) in [5.74, 6) is 2.58. The van der Waals surface area contributed by atoms with Gasteiger partial charge in [0, 0.05) is 26.7 Å². The van der Waals surface area contributed by atoms with Gasteiger partial charge in [0.05, 0.1) is 6.20 Å². The van der Waals surface area contributed by atoms with E-state index in [0.717, 1.165) is 37.2 Å². The molecule has 2 aliphatic heterocycles. The van der Waals surface area contributed by atoms with Crippen LogP contribution in [-0.4, -0.2) is 31.6 Å². The number of rotatable bonds is 2. The molecule has 0 radical (unpaired) electrons. The minimum Gasteiger partial charge on any atom is -0.420 e. The quantitative estimate of drug-likeness (QED) is 0.565. The first kappa shape index (κ1) is 9.05. The van der Waals surface area contributed by atoms with Crippen molar-refractivity contribution in [1.29, 1.82) is 0 Å². The van der Waals surface area contributed by atoms with E-state index in [1.807, 2.05) is 13.2 Å². The highest BCUT2D eigenvalue weighted by molar-refractivity contribution is 5.16. The Morgan fingerprint density at radius 2 is 2.50 bits per heavy atom. The van der Waals surface area contributed by atoms with E-state index in [-0.39, 0.29) is 0 Å². The van der Waals surface area contributed by atoms with Gasteiger partial charge in [0.25, 0.3) is 0 Å². The average Bonchev–Trinajstić information content (AvgIpc) is 2.27. The van der Waals surface area contributed by atoms with Crippen LogP contribution in [0.3, 0.4) is 0 Å². The van der Waals surface area contributed by atoms with Gasteiger partial charge in [-0.05, 0) is 6.92 Å². The fourth-order valence-electron chi connectivity index (χ4n) is 1.58. The van der Waals surface area contributed by atoms with Gasteiger partial charge >= 0.3 is 0 Å². The Balaban J connectivity index is 2.16. The molecule has 0 spiro atoms. The van der Waals surface area contributed by atoms with Crippen molar-refractivity contribution in [1.82, 2.24) is 20.9 Å². The Bertz CT molecular complexity index is 285. The summed E-state index contributed by atoms with van der Waals surface area (Å²) in [6.07, 6.45) is 1.81. The molecule has 5 nitrogen and oxygen atoms in total. The van der Waals surface area contributed by atoms with E-state index >= 15 is 0 Å². The third-order valence-electron chi connectivity index (χ3n) is 2.37. The van der Waals surface area contributed by atoms with E-state index in [2.05, 4.69) is 27.8 Å². The number of hydrogen-bond donors (Lipinski definition) is 3. The molecule has 5 heteroatoms. The normalized spacial score (nSPS) is 20.1. The molecular formula is C9H16N4O. The lowest BCUT2D eigenvalue weighted by atomic mass is 10.4. The fourth-order valence-corrected chi connectivity index (χ4v) is 1.58. The second-order valence-corrected chi connectivity index (χ2v) is 3.19. The summed E-state index contributed by atoms with van der Waals surface area (Å²) in [6, 6.07) is 0. The molecule has 0 aromatic carbocycles. The van der Waals surface area contributed by atoms with Gasteiger partial charge in [-0.1, -0.05) is 0 Å². The summed E-state index contributed by atoms with van der Waals surface area (Å²) in [5.41, 5.74) is 0. The van der Waals surface area contributed by atoms with Gasteiger partial charge in [-0.2, -0.15) is 0 Å². The Hall–Kier alpha value is -1.52. The van der Waals surface area contributed by atoms with Crippen LogP contribution in [0.2, 0.25) is 0 Å². The van der Waals surface area contributed by atoms with Crippen LogP contribution in [0.25, 0.3) is 0 Å². The lowest BCUT2D eigenvalue weighted by Crippen LogP contribution is -2.45. The molecule has 0 amide bonds. The maximum atomic E-state index is 5.67. The first-order chi connectivity index (χ1) is 6.85. The zero-order valence-corrected chi connectivity index (χ0v) is 8.55. The van der Waals surface area contributed by atoms with Crippen LogP contribution in [0.5, 0.6) is 0 Å². The molecule has 0 saturated heterocycles. The van der Waals surface area contributed by atoms with Crippen LogP contribution in [0.4, 0.5) is 0 Å². The molecule has 0 aromatic rings. The average molecular weight is 196 g/mol. The Labute approximate surface area is 83.8 Å². The van der Waals surface area contributed by atoms with Gasteiger partial charge in [-0.25, -0.2) is 0 Å². The van der Waals surface area contributed by atoms with Crippen molar-refractivity contribution >= 4 is 0 Å². The second kappa shape index (κ2) is 3.69. The molecule has 0 bridgehead atoms. The minimum atomic E-state index is 0.742. The molecule has 3 N–H and O–H groups in total. The summed E-state index contributed by atoms with van der Waals surface area (Å²) < 4.78 is 5.67. The molecule has 14 heavy (non-hydrogen) atoms. The van der Waals surface area contributed by atoms with Crippen LogP contribution in [-0.2, 0) is 4.74 Å². The molecule has 2 rings (SSSR count). The van der Waals surface area contributed by atoms with Crippen molar-refractivity contribution in [2.24, 2.45) is 0 Å². The first-order valence-electron chi connectivity index (χ1n) is 4.90. The number of hydrogen-bond acceptors (Lipinski definition) is 5. The molecular weight excluding hydrogens is 180 g/mol. The van der Waals surface area contributed by atoms with E-state index < -0.39 is 0 Å². The fraction of sp³-hybridized carbons (Fsp3) is 0.556. The number of nitrogens with zero attached hydrogens (tertiary/aromatic N) is 1. The van der Waals surface area contributed by atoms with Crippen LogP contribution in [0.1, 0.15) is 6.92 Å². The monoisotopic (exact) mass is 196 g/mol. The number of ether oxygens (including phenoxy) is 1. The zero-order chi connectivity index (χ0) is 9.97. The molecule has 0 aliphatic carbocycles. The van der Waals surface area contributed by atoms with E-state index in [1.54, 1.807) is 0 Å². The zero-order valence-electron chi connectivity index (χ0n) is 8.55. The van der Waals surface area contributed by atoms with Gasteiger partial charge in [-0.3, -0.25) is 0 Å². The molecule has 0 fully saturated rings. The Kier molecular flexibility index (Phi) is 2.39. The molecule has 0 saturated carbocycles. The molecule has 0 unspecified atom stereocenters. The van der Waals surface area contributed by atoms with Crippen molar-refractivity contribution in [2.45, 2.75) is 6.92 Å². The van der Waals surface area contributed by atoms with E-state index in [4.69, 9.17) is 4.74 Å². The molecule has 78 valence electrons. The molecule has 2 aliphatic rings. The van der Waals surface area contributed by atoms with Gasteiger partial charge < -0.3 is 25.6 Å². The van der Waals surface area contributed by atoms with Crippen molar-refractivity contribution in [2.75, 3.05) is 26.7 Å². The third-order valence-corrected chi connectivity index (χ3v) is 2.37. The van der Waals surface area contributed by atoms with Crippen molar-refractivity contribution in [3.05, 3.63) is 23.8 Å². The van der Waals surface area contributed by atoms with Crippen molar-refractivity contribution in [3.63, 3.8) is 0 Å². The standard InChI is InChI=1S/C9H16N4O/c1-3-13-5-4-11-8-9(13)14-7(10-2)6-12-8/h6,10-12H,3-5H2,1-2H3. The molecule has 2 heterocycles. The second-order valence-electron chi connectivity index (χ2n) is 3.19. The summed E-state index contributed by atoms with van der Waals surface area (Å²) in [6.45, 7) is 5.01. The minimum absolute atomic E-state index is 0.742. The molecule has 0 atom stereocenters. The van der Waals surface area contributed by atoms with Gasteiger partial charge in [0.1, 0.15) is 0 Å². The van der Waals surface area contributed by atoms with E-state index in [0.29, 0.717) is 0 Å². The van der Waals surface area contributed by atoms with Crippen LogP contribution in [0, 0.1) is 0 Å². The summed E-state index contributed by atoms with van der Waals surface area (Å²) in [4.78, 5) is 2.20. The number of likely N-dealkylation sites (N-methyl/N-ethyl adjacent to an activating group) is 1. The van der Waals surface area contributed by atoms with E-state index in [1.165, 1.54) is 0 Å². The Morgan fingerprint density at radius 3 is 3.21 bits per heavy atom. The van der Waals surface area contributed by atoms with Gasteiger partial charge in [0.15, 0.2) is 5.82 Å². The predicted octanol–water partition coefficient (Wildman–Crippen LogP) is -0.324. The maximum Gasteiger partial charge on any atom is 0.238 e. The lowest BCUT2D eigenvalue weighted by Gasteiger charge is -2.34. The van der Waals surface area contributed by atoms with Crippen LogP contribution in [0.15, 0.2) is 23.8 Å². The predicted molar refractivity (Wildman–Crippen MR) is 53.6 cm³/mol. The number of nitrogens with one attached hydrogen (secondary N) is 3. The Morgan fingerprint density at radius 1 is 1.64 bits per heavy atom. The van der Waals surface area contributed by atoms with Gasteiger partial charge in [-0.15, -0.1) is 0 Å². The lowest BCUT2D eigenvalue weighted by molar-refractivity contribution is 0.128. The highest BCUT2D eigenvalue weighted by Gasteiger charge is 2.23. The summed E-state index contributed by atoms with van der Waals surface area (Å²) >= 11 is 0. The van der Waals surface area contributed by atoms with Gasteiger partial charge in [0.2, 0.25) is 11.8 Å². The third kappa shape index (κ3) is 1.45. The maximum absolute atomic E-state index is 5.67. The SMILES string of the molecule is CCN1CCNC2=C1OC(NC)=CN2. The molecule has 0 aromatic heterocycles. The highest BCUT2D eigenvalue weighted by Crippen LogP contribution is 2.18. The first-order valence-corrected chi connectivity index (χ1v) is 4.90. The van der Waals surface area contributed by atoms with E-state index in [9.17, 15) is 0 Å². The summed E-state index contributed by atoms with van der Waals surface area (Å²) in [5, 5.41) is 9.39. The van der Waals surface area contributed by atoms with Crippen LogP contribution >= 0.6 is 0 Å². The van der Waals surface area contributed by atoms with Crippen molar-refractivity contribution < 1.29 is 4.74 Å². The van der Waals surface area contributed by atoms with Crippen LogP contribution < -0.4 is 16.0 Å².